The zero-order valence-electron chi connectivity index (χ0n) is 14.4. The fraction of sp³-hybridized carbons (Fsp3) is 0.875. The fourth-order valence-corrected chi connectivity index (χ4v) is 2.08. The van der Waals surface area contributed by atoms with Crippen LogP contribution < -0.4 is 10.6 Å². The van der Waals surface area contributed by atoms with Gasteiger partial charge in [0.1, 0.15) is 0 Å². The molecule has 124 valence electrons. The average molecular weight is 300 g/mol. The smallest absolute Gasteiger partial charge is 0.314 e. The molecule has 0 heterocycles. The van der Waals surface area contributed by atoms with E-state index >= 15 is 0 Å². The molecular formula is C16H32N2O3. The Morgan fingerprint density at radius 1 is 1.00 bits per heavy atom. The van der Waals surface area contributed by atoms with E-state index in [0.29, 0.717) is 19.5 Å². The van der Waals surface area contributed by atoms with Crippen LogP contribution in [0.5, 0.6) is 0 Å². The van der Waals surface area contributed by atoms with Gasteiger partial charge in [-0.2, -0.15) is 0 Å². The Morgan fingerprint density at radius 3 is 2.00 bits per heavy atom. The minimum atomic E-state index is -0.764. The van der Waals surface area contributed by atoms with Crippen molar-refractivity contribution in [2.75, 3.05) is 13.1 Å². The van der Waals surface area contributed by atoms with Crippen LogP contribution in [0, 0.1) is 16.7 Å². The molecule has 0 aliphatic rings. The second-order valence-electron chi connectivity index (χ2n) is 7.95. The van der Waals surface area contributed by atoms with Crippen molar-refractivity contribution in [2.45, 2.75) is 60.8 Å². The van der Waals surface area contributed by atoms with Crippen molar-refractivity contribution in [3.63, 3.8) is 0 Å². The van der Waals surface area contributed by atoms with Crippen LogP contribution in [0.3, 0.4) is 0 Å². The molecule has 0 aromatic rings. The zero-order chi connectivity index (χ0) is 16.7. The zero-order valence-corrected chi connectivity index (χ0v) is 14.4. The van der Waals surface area contributed by atoms with Gasteiger partial charge in [-0.25, -0.2) is 4.79 Å². The van der Waals surface area contributed by atoms with Crippen molar-refractivity contribution in [1.82, 2.24) is 10.6 Å². The number of carboxylic acid groups (broad SMARTS) is 1. The standard InChI is InChI=1S/C16H32N2O3/c1-15(2,3)11-18-14(21)17-10-9-12(16(4,5)6)7-8-13(19)20/h12H,7-11H2,1-6H3,(H,19,20)(H2,17,18,21). The van der Waals surface area contributed by atoms with Crippen molar-refractivity contribution < 1.29 is 14.7 Å². The maximum absolute atomic E-state index is 11.7. The number of aliphatic carboxylic acids is 1. The summed E-state index contributed by atoms with van der Waals surface area (Å²) in [6, 6.07) is -0.157. The highest BCUT2D eigenvalue weighted by atomic mass is 16.4. The van der Waals surface area contributed by atoms with E-state index in [1.54, 1.807) is 0 Å². The molecule has 5 heteroatoms. The summed E-state index contributed by atoms with van der Waals surface area (Å²) in [4.78, 5) is 22.4. The third kappa shape index (κ3) is 11.1. The van der Waals surface area contributed by atoms with E-state index in [0.717, 1.165) is 6.42 Å². The number of carbonyl (C=O) groups is 2. The van der Waals surface area contributed by atoms with Crippen molar-refractivity contribution in [1.29, 1.82) is 0 Å². The Hall–Kier alpha value is -1.26. The summed E-state index contributed by atoms with van der Waals surface area (Å²) in [5.74, 6) is -0.489. The number of urea groups is 1. The van der Waals surface area contributed by atoms with Gasteiger partial charge in [0.25, 0.3) is 0 Å². The summed E-state index contributed by atoms with van der Waals surface area (Å²) in [6.45, 7) is 13.7. The number of hydrogen-bond donors (Lipinski definition) is 3. The van der Waals surface area contributed by atoms with E-state index in [9.17, 15) is 9.59 Å². The molecule has 2 amide bonds. The van der Waals surface area contributed by atoms with E-state index in [1.807, 2.05) is 0 Å². The summed E-state index contributed by atoms with van der Waals surface area (Å²) in [6.07, 6.45) is 1.61. The lowest BCUT2D eigenvalue weighted by Crippen LogP contribution is -2.41. The van der Waals surface area contributed by atoms with E-state index in [2.05, 4.69) is 52.2 Å². The van der Waals surface area contributed by atoms with E-state index in [1.165, 1.54) is 0 Å². The average Bonchev–Trinajstić information content (AvgIpc) is 2.28. The number of nitrogens with one attached hydrogen (secondary N) is 2. The summed E-state index contributed by atoms with van der Waals surface area (Å²) < 4.78 is 0. The van der Waals surface area contributed by atoms with Gasteiger partial charge in [-0.15, -0.1) is 0 Å². The minimum absolute atomic E-state index is 0.0407. The van der Waals surface area contributed by atoms with E-state index in [4.69, 9.17) is 5.11 Å². The van der Waals surface area contributed by atoms with Gasteiger partial charge in [0.2, 0.25) is 0 Å². The van der Waals surface area contributed by atoms with Crippen LogP contribution in [0.1, 0.15) is 60.8 Å². The molecular weight excluding hydrogens is 268 g/mol. The number of rotatable bonds is 7. The molecule has 1 unspecified atom stereocenters. The summed E-state index contributed by atoms with van der Waals surface area (Å²) in [5.41, 5.74) is 0.103. The van der Waals surface area contributed by atoms with Crippen molar-refractivity contribution in [3.8, 4) is 0 Å². The van der Waals surface area contributed by atoms with Crippen molar-refractivity contribution >= 4 is 12.0 Å². The molecule has 0 saturated carbocycles. The summed E-state index contributed by atoms with van der Waals surface area (Å²) in [5, 5.41) is 14.5. The Balaban J connectivity index is 4.13. The van der Waals surface area contributed by atoms with Crippen molar-refractivity contribution in [2.24, 2.45) is 16.7 Å². The number of carbonyl (C=O) groups excluding carboxylic acids is 1. The quantitative estimate of drug-likeness (QED) is 0.675. The molecule has 1 atom stereocenters. The molecule has 0 aromatic heterocycles. The fourth-order valence-electron chi connectivity index (χ4n) is 2.08. The first-order valence-corrected chi connectivity index (χ1v) is 7.65. The second kappa shape index (κ2) is 8.25. The van der Waals surface area contributed by atoms with Crippen LogP contribution in [0.2, 0.25) is 0 Å². The molecule has 0 bridgehead atoms. The van der Waals surface area contributed by atoms with Gasteiger partial charge in [0, 0.05) is 19.5 Å². The monoisotopic (exact) mass is 300 g/mol. The number of carboxylic acids is 1. The molecule has 0 saturated heterocycles. The molecule has 0 rings (SSSR count). The topological polar surface area (TPSA) is 78.4 Å². The van der Waals surface area contributed by atoms with Crippen LogP contribution in [0.4, 0.5) is 4.79 Å². The van der Waals surface area contributed by atoms with Crippen LogP contribution in [-0.2, 0) is 4.79 Å². The van der Waals surface area contributed by atoms with Crippen LogP contribution in [-0.4, -0.2) is 30.2 Å². The SMILES string of the molecule is CC(C)(C)CNC(=O)NCCC(CCC(=O)O)C(C)(C)C. The Morgan fingerprint density at radius 2 is 1.57 bits per heavy atom. The Labute approximate surface area is 128 Å². The predicted molar refractivity (Wildman–Crippen MR) is 85.3 cm³/mol. The first kappa shape index (κ1) is 19.7. The maximum atomic E-state index is 11.7. The maximum Gasteiger partial charge on any atom is 0.314 e. The third-order valence-corrected chi connectivity index (χ3v) is 3.49. The Kier molecular flexibility index (Phi) is 7.75. The molecule has 0 aliphatic heterocycles. The molecule has 0 aromatic carbocycles. The molecule has 0 spiro atoms. The predicted octanol–water partition coefficient (Wildman–Crippen LogP) is 3.25. The van der Waals surface area contributed by atoms with Gasteiger partial charge < -0.3 is 15.7 Å². The molecule has 0 aliphatic carbocycles. The molecule has 5 nitrogen and oxygen atoms in total. The molecule has 0 radical (unpaired) electrons. The first-order chi connectivity index (χ1) is 9.42. The van der Waals surface area contributed by atoms with Crippen LogP contribution in [0.15, 0.2) is 0 Å². The highest BCUT2D eigenvalue weighted by Gasteiger charge is 2.25. The largest absolute Gasteiger partial charge is 0.481 e. The first-order valence-electron chi connectivity index (χ1n) is 7.65. The van der Waals surface area contributed by atoms with Gasteiger partial charge in [-0.05, 0) is 29.6 Å². The highest BCUT2D eigenvalue weighted by molar-refractivity contribution is 5.73. The third-order valence-electron chi connectivity index (χ3n) is 3.49. The van der Waals surface area contributed by atoms with E-state index in [-0.39, 0.29) is 29.2 Å². The van der Waals surface area contributed by atoms with Gasteiger partial charge >= 0.3 is 12.0 Å². The molecule has 0 fully saturated rings. The molecule has 3 N–H and O–H groups in total. The summed E-state index contributed by atoms with van der Waals surface area (Å²) >= 11 is 0. The van der Waals surface area contributed by atoms with Crippen molar-refractivity contribution in [3.05, 3.63) is 0 Å². The van der Waals surface area contributed by atoms with Crippen LogP contribution >= 0.6 is 0 Å². The number of amides is 2. The van der Waals surface area contributed by atoms with Gasteiger partial charge in [-0.3, -0.25) is 4.79 Å². The summed E-state index contributed by atoms with van der Waals surface area (Å²) in [7, 11) is 0. The van der Waals surface area contributed by atoms with E-state index < -0.39 is 5.97 Å². The lowest BCUT2D eigenvalue weighted by atomic mass is 9.76. The normalized spacial score (nSPS) is 13.6. The number of hydrogen-bond acceptors (Lipinski definition) is 2. The molecule has 21 heavy (non-hydrogen) atoms. The second-order valence-corrected chi connectivity index (χ2v) is 7.95. The van der Waals surface area contributed by atoms with Gasteiger partial charge in [-0.1, -0.05) is 41.5 Å². The lowest BCUT2D eigenvalue weighted by Gasteiger charge is -2.30. The van der Waals surface area contributed by atoms with Gasteiger partial charge in [0.05, 0.1) is 0 Å². The lowest BCUT2D eigenvalue weighted by molar-refractivity contribution is -0.137. The van der Waals surface area contributed by atoms with Crippen LogP contribution in [0.25, 0.3) is 0 Å². The van der Waals surface area contributed by atoms with Gasteiger partial charge in [0.15, 0.2) is 0 Å². The Bertz CT molecular complexity index is 340. The minimum Gasteiger partial charge on any atom is -0.481 e. The highest BCUT2D eigenvalue weighted by Crippen LogP contribution is 2.32.